The zero-order valence-corrected chi connectivity index (χ0v) is 17.5. The van der Waals surface area contributed by atoms with Crippen LogP contribution in [0.4, 0.5) is 5.13 Å². The molecule has 4 aromatic rings. The molecule has 1 atom stereocenters. The lowest BCUT2D eigenvalue weighted by molar-refractivity contribution is -0.113. The van der Waals surface area contributed by atoms with Gasteiger partial charge in [0.2, 0.25) is 5.91 Å². The Hall–Kier alpha value is -2.91. The van der Waals surface area contributed by atoms with Gasteiger partial charge in [-0.15, -0.1) is 10.2 Å². The molecule has 0 spiro atoms. The lowest BCUT2D eigenvalue weighted by Crippen LogP contribution is -2.14. The van der Waals surface area contributed by atoms with E-state index in [2.05, 4.69) is 20.5 Å². The fourth-order valence-corrected chi connectivity index (χ4v) is 4.37. The summed E-state index contributed by atoms with van der Waals surface area (Å²) >= 11 is 2.78. The largest absolute Gasteiger partial charge is 0.483 e. The molecule has 0 fully saturated rings. The van der Waals surface area contributed by atoms with Gasteiger partial charge in [0, 0.05) is 7.05 Å². The maximum Gasteiger partial charge on any atom is 0.236 e. The van der Waals surface area contributed by atoms with Crippen molar-refractivity contribution in [3.63, 3.8) is 0 Å². The molecule has 0 radical (unpaired) electrons. The van der Waals surface area contributed by atoms with E-state index in [0.29, 0.717) is 16.1 Å². The van der Waals surface area contributed by atoms with E-state index in [1.165, 1.54) is 23.1 Å². The standard InChI is InChI=1S/C20H19N5O2S2/c1-13(27-14-8-4-3-5-9-14)18-23-24-20(25(18)2)28-12-17(26)22-19-21-15-10-6-7-11-16(15)29-19/h3-11,13H,12H2,1-2H3,(H,21,22,26)/t13-/m0/s1. The van der Waals surface area contributed by atoms with Gasteiger partial charge in [0.25, 0.3) is 0 Å². The first-order valence-electron chi connectivity index (χ1n) is 8.99. The molecule has 0 saturated carbocycles. The maximum absolute atomic E-state index is 12.3. The van der Waals surface area contributed by atoms with Crippen molar-refractivity contribution in [2.75, 3.05) is 11.1 Å². The molecule has 29 heavy (non-hydrogen) atoms. The molecule has 1 amide bonds. The van der Waals surface area contributed by atoms with Crippen molar-refractivity contribution < 1.29 is 9.53 Å². The summed E-state index contributed by atoms with van der Waals surface area (Å²) in [5.74, 6) is 1.55. The first-order valence-corrected chi connectivity index (χ1v) is 10.8. The van der Waals surface area contributed by atoms with Crippen molar-refractivity contribution in [1.29, 1.82) is 0 Å². The summed E-state index contributed by atoms with van der Waals surface area (Å²) in [4.78, 5) is 16.7. The van der Waals surface area contributed by atoms with Gasteiger partial charge in [0.15, 0.2) is 22.2 Å². The minimum Gasteiger partial charge on any atom is -0.483 e. The fraction of sp³-hybridized carbons (Fsp3) is 0.200. The summed E-state index contributed by atoms with van der Waals surface area (Å²) in [6.07, 6.45) is -0.263. The Morgan fingerprint density at radius 1 is 1.17 bits per heavy atom. The Balaban J connectivity index is 1.35. The number of rotatable bonds is 7. The van der Waals surface area contributed by atoms with Gasteiger partial charge in [-0.3, -0.25) is 4.79 Å². The molecule has 7 nitrogen and oxygen atoms in total. The molecule has 0 aliphatic rings. The zero-order chi connectivity index (χ0) is 20.2. The van der Waals surface area contributed by atoms with Gasteiger partial charge < -0.3 is 14.6 Å². The number of anilines is 1. The van der Waals surface area contributed by atoms with E-state index in [-0.39, 0.29) is 17.8 Å². The van der Waals surface area contributed by atoms with Crippen molar-refractivity contribution in [1.82, 2.24) is 19.7 Å². The summed E-state index contributed by atoms with van der Waals surface area (Å²) in [7, 11) is 1.87. The van der Waals surface area contributed by atoms with E-state index < -0.39 is 0 Å². The number of fused-ring (bicyclic) bond motifs is 1. The Morgan fingerprint density at radius 3 is 2.72 bits per heavy atom. The predicted octanol–water partition coefficient (Wildman–Crippen LogP) is 4.30. The smallest absolute Gasteiger partial charge is 0.236 e. The average Bonchev–Trinajstić information content (AvgIpc) is 3.29. The molecular weight excluding hydrogens is 406 g/mol. The number of nitrogens with one attached hydrogen (secondary N) is 1. The summed E-state index contributed by atoms with van der Waals surface area (Å²) in [5.41, 5.74) is 0.880. The van der Waals surface area contributed by atoms with Crippen LogP contribution in [0.5, 0.6) is 5.75 Å². The van der Waals surface area contributed by atoms with Crippen LogP contribution in [0.1, 0.15) is 18.9 Å². The van der Waals surface area contributed by atoms with Gasteiger partial charge in [-0.05, 0) is 31.2 Å². The number of benzene rings is 2. The van der Waals surface area contributed by atoms with E-state index in [1.54, 1.807) is 0 Å². The van der Waals surface area contributed by atoms with Crippen molar-refractivity contribution in [3.05, 3.63) is 60.4 Å². The highest BCUT2D eigenvalue weighted by atomic mass is 32.2. The van der Waals surface area contributed by atoms with Crippen molar-refractivity contribution in [2.45, 2.75) is 18.2 Å². The number of carbonyl (C=O) groups is 1. The topological polar surface area (TPSA) is 81.9 Å². The zero-order valence-electron chi connectivity index (χ0n) is 15.9. The highest BCUT2D eigenvalue weighted by molar-refractivity contribution is 7.99. The number of hydrogen-bond acceptors (Lipinski definition) is 7. The number of thioether (sulfide) groups is 1. The van der Waals surface area contributed by atoms with E-state index >= 15 is 0 Å². The Kier molecular flexibility index (Phi) is 5.77. The van der Waals surface area contributed by atoms with Crippen LogP contribution in [-0.2, 0) is 11.8 Å². The Bertz CT molecular complexity index is 1090. The number of carbonyl (C=O) groups excluding carboxylic acids is 1. The maximum atomic E-state index is 12.3. The number of aromatic nitrogens is 4. The molecule has 0 unspecified atom stereocenters. The predicted molar refractivity (Wildman–Crippen MR) is 115 cm³/mol. The molecule has 9 heteroatoms. The first-order chi connectivity index (χ1) is 14.1. The third-order valence-electron chi connectivity index (χ3n) is 4.16. The lowest BCUT2D eigenvalue weighted by atomic mass is 10.3. The molecule has 0 saturated heterocycles. The summed E-state index contributed by atoms with van der Waals surface area (Å²) in [6.45, 7) is 1.92. The van der Waals surface area contributed by atoms with Crippen LogP contribution >= 0.6 is 23.1 Å². The number of nitrogens with zero attached hydrogens (tertiary/aromatic N) is 4. The molecule has 2 heterocycles. The number of ether oxygens (including phenoxy) is 1. The molecule has 0 bridgehead atoms. The first kappa shape index (κ1) is 19.4. The SMILES string of the molecule is C[C@H](Oc1ccccc1)c1nnc(SCC(=O)Nc2nc3ccccc3s2)n1C. The van der Waals surface area contributed by atoms with Gasteiger partial charge >= 0.3 is 0 Å². The molecule has 1 N–H and O–H groups in total. The number of amides is 1. The van der Waals surface area contributed by atoms with Crippen LogP contribution in [-0.4, -0.2) is 31.4 Å². The molecule has 4 rings (SSSR count). The highest BCUT2D eigenvalue weighted by Gasteiger charge is 2.18. The Labute approximate surface area is 176 Å². The van der Waals surface area contributed by atoms with Crippen LogP contribution in [0.3, 0.4) is 0 Å². The van der Waals surface area contributed by atoms with Gasteiger partial charge in [-0.25, -0.2) is 4.98 Å². The normalized spacial score (nSPS) is 12.1. The summed E-state index contributed by atoms with van der Waals surface area (Å²) in [5, 5.41) is 12.5. The van der Waals surface area contributed by atoms with E-state index in [9.17, 15) is 4.79 Å². The second-order valence-corrected chi connectivity index (χ2v) is 8.27. The van der Waals surface area contributed by atoms with Gasteiger partial charge in [0.1, 0.15) is 5.75 Å². The molecule has 0 aliphatic heterocycles. The van der Waals surface area contributed by atoms with Crippen molar-refractivity contribution in [2.24, 2.45) is 7.05 Å². The second kappa shape index (κ2) is 8.62. The molecule has 0 aliphatic carbocycles. The summed E-state index contributed by atoms with van der Waals surface area (Å²) < 4.78 is 8.80. The van der Waals surface area contributed by atoms with Gasteiger partial charge in [0.05, 0.1) is 16.0 Å². The van der Waals surface area contributed by atoms with E-state index in [4.69, 9.17) is 4.74 Å². The summed E-state index contributed by atoms with van der Waals surface area (Å²) in [6, 6.07) is 17.4. The van der Waals surface area contributed by atoms with Gasteiger partial charge in [-0.2, -0.15) is 0 Å². The third kappa shape index (κ3) is 4.57. The van der Waals surface area contributed by atoms with E-state index in [0.717, 1.165) is 16.0 Å². The van der Waals surface area contributed by atoms with Crippen LogP contribution < -0.4 is 10.1 Å². The number of hydrogen-bond donors (Lipinski definition) is 1. The molecule has 2 aromatic carbocycles. The van der Waals surface area contributed by atoms with Crippen molar-refractivity contribution in [3.8, 4) is 5.75 Å². The molecular formula is C20H19N5O2S2. The van der Waals surface area contributed by atoms with Crippen molar-refractivity contribution >= 4 is 44.4 Å². The average molecular weight is 426 g/mol. The van der Waals surface area contributed by atoms with Gasteiger partial charge in [-0.1, -0.05) is 53.4 Å². The van der Waals surface area contributed by atoms with E-state index in [1.807, 2.05) is 73.1 Å². The molecule has 2 aromatic heterocycles. The second-order valence-electron chi connectivity index (χ2n) is 6.30. The highest BCUT2D eigenvalue weighted by Crippen LogP contribution is 2.26. The number of thiazole rings is 1. The molecule has 148 valence electrons. The minimum atomic E-state index is -0.263. The number of para-hydroxylation sites is 2. The lowest BCUT2D eigenvalue weighted by Gasteiger charge is -2.14. The van der Waals surface area contributed by atoms with Crippen LogP contribution in [0, 0.1) is 0 Å². The third-order valence-corrected chi connectivity index (χ3v) is 6.13. The quantitative estimate of drug-likeness (QED) is 0.445. The van der Waals surface area contributed by atoms with Crippen LogP contribution in [0.15, 0.2) is 59.8 Å². The van der Waals surface area contributed by atoms with Crippen LogP contribution in [0.2, 0.25) is 0 Å². The fourth-order valence-electron chi connectivity index (χ4n) is 2.77. The Morgan fingerprint density at radius 2 is 1.93 bits per heavy atom. The monoisotopic (exact) mass is 425 g/mol. The minimum absolute atomic E-state index is 0.132. The van der Waals surface area contributed by atoms with Crippen LogP contribution in [0.25, 0.3) is 10.2 Å².